The van der Waals surface area contributed by atoms with Crippen LogP contribution in [0.4, 0.5) is 0 Å². The second-order valence-corrected chi connectivity index (χ2v) is 6.75. The van der Waals surface area contributed by atoms with Crippen LogP contribution in [0.25, 0.3) is 0 Å². The molecule has 1 aromatic rings. The first kappa shape index (κ1) is 15.6. The summed E-state index contributed by atoms with van der Waals surface area (Å²) in [5.41, 5.74) is 0. The van der Waals surface area contributed by atoms with Crippen LogP contribution in [0.3, 0.4) is 0 Å². The maximum absolute atomic E-state index is 11.1. The van der Waals surface area contributed by atoms with E-state index < -0.39 is 13.2 Å². The van der Waals surface area contributed by atoms with Gasteiger partial charge in [-0.15, -0.1) is 9.42 Å². The molecule has 3 nitrogen and oxygen atoms in total. The van der Waals surface area contributed by atoms with E-state index in [9.17, 15) is 4.57 Å². The topological polar surface area (TPSA) is 46.5 Å². The summed E-state index contributed by atoms with van der Waals surface area (Å²) in [7, 11) is -2.62. The minimum atomic E-state index is -2.62. The molecule has 0 aliphatic rings. The Hall–Kier alpha value is -0.410. The molecule has 0 aliphatic carbocycles. The second-order valence-electron chi connectivity index (χ2n) is 4.78. The summed E-state index contributed by atoms with van der Waals surface area (Å²) in [5, 5.41) is 0. The van der Waals surface area contributed by atoms with Gasteiger partial charge in [-0.3, -0.25) is 0 Å². The molecule has 1 atom stereocenters. The number of thioether (sulfide) groups is 1. The number of rotatable bonds is 6. The normalized spacial score (nSPS) is 13.2. The molecule has 0 heterocycles. The fraction of sp³-hybridized carbons (Fsp3) is 0.538. The van der Waals surface area contributed by atoms with Gasteiger partial charge in [-0.2, -0.15) is 0 Å². The van der Waals surface area contributed by atoms with Crippen molar-refractivity contribution in [2.24, 2.45) is 11.8 Å². The van der Waals surface area contributed by atoms with E-state index in [1.54, 1.807) is 0 Å². The van der Waals surface area contributed by atoms with Gasteiger partial charge in [0.05, 0.1) is 0 Å². The van der Waals surface area contributed by atoms with Crippen molar-refractivity contribution in [2.45, 2.75) is 37.5 Å². The lowest BCUT2D eigenvalue weighted by molar-refractivity contribution is 0.0651. The summed E-state index contributed by atoms with van der Waals surface area (Å²) >= 11 is 1.51. The van der Waals surface area contributed by atoms with Crippen molar-refractivity contribution in [3.05, 3.63) is 30.3 Å². The molecule has 0 aromatic heterocycles. The molecule has 0 amide bonds. The van der Waals surface area contributed by atoms with Crippen molar-refractivity contribution in [1.82, 2.24) is 0 Å². The maximum atomic E-state index is 11.1. The van der Waals surface area contributed by atoms with Crippen LogP contribution in [0.15, 0.2) is 35.2 Å². The van der Waals surface area contributed by atoms with Gasteiger partial charge >= 0.3 is 8.25 Å². The van der Waals surface area contributed by atoms with E-state index in [1.807, 2.05) is 58.0 Å². The average Bonchev–Trinajstić information content (AvgIpc) is 2.28. The van der Waals surface area contributed by atoms with Crippen molar-refractivity contribution in [1.29, 1.82) is 0 Å². The molecule has 1 rings (SSSR count). The van der Waals surface area contributed by atoms with Crippen LogP contribution in [0, 0.1) is 11.8 Å². The molecule has 0 aliphatic heterocycles. The van der Waals surface area contributed by atoms with Gasteiger partial charge in [-0.1, -0.05) is 57.7 Å². The minimum absolute atomic E-state index is 0.119. The van der Waals surface area contributed by atoms with Crippen LogP contribution in [0.1, 0.15) is 27.7 Å². The molecular formula is C13H20O3PS+. The lowest BCUT2D eigenvalue weighted by Gasteiger charge is -2.34. The van der Waals surface area contributed by atoms with Crippen molar-refractivity contribution in [2.75, 3.05) is 0 Å². The van der Waals surface area contributed by atoms with E-state index >= 15 is 0 Å². The van der Waals surface area contributed by atoms with Crippen molar-refractivity contribution < 1.29 is 14.0 Å². The van der Waals surface area contributed by atoms with E-state index in [-0.39, 0.29) is 11.8 Å². The Kier molecular flexibility index (Phi) is 5.80. The lowest BCUT2D eigenvalue weighted by Crippen LogP contribution is -2.38. The first-order chi connectivity index (χ1) is 8.38. The molecule has 100 valence electrons. The molecule has 1 aromatic carbocycles. The molecular weight excluding hydrogens is 267 g/mol. The summed E-state index contributed by atoms with van der Waals surface area (Å²) in [6.07, 6.45) is 0. The number of benzene rings is 1. The van der Waals surface area contributed by atoms with E-state index in [0.29, 0.717) is 0 Å². The third kappa shape index (κ3) is 3.79. The molecule has 5 heteroatoms. The Bertz CT molecular complexity index is 384. The summed E-state index contributed by atoms with van der Waals surface area (Å²) in [6, 6.07) is 9.82. The Morgan fingerprint density at radius 2 is 1.67 bits per heavy atom. The van der Waals surface area contributed by atoms with E-state index in [4.69, 9.17) is 9.42 Å². The third-order valence-corrected chi connectivity index (χ3v) is 5.29. The Balaban J connectivity index is 3.06. The summed E-state index contributed by atoms with van der Waals surface area (Å²) < 4.78 is 16.5. The molecule has 18 heavy (non-hydrogen) atoms. The third-order valence-electron chi connectivity index (χ3n) is 2.85. The van der Waals surface area contributed by atoms with Crippen molar-refractivity contribution in [3.63, 3.8) is 0 Å². The van der Waals surface area contributed by atoms with Gasteiger partial charge in [0.2, 0.25) is 0 Å². The standard InChI is InChI=1S/C13H19O3PS/c1-10(2)13(11(3)4,16-17(14)15)18-12-8-6-5-7-9-12/h5-11H,1-4H3/p+1. The fourth-order valence-corrected chi connectivity index (χ4v) is 4.07. The van der Waals surface area contributed by atoms with Gasteiger partial charge in [-0.25, -0.2) is 0 Å². The quantitative estimate of drug-likeness (QED) is 0.477. The van der Waals surface area contributed by atoms with Gasteiger partial charge in [0.25, 0.3) is 0 Å². The SMILES string of the molecule is CC(C)C(O[P+](=O)O)(Sc1ccccc1)C(C)C. The monoisotopic (exact) mass is 287 g/mol. The smallest absolute Gasteiger partial charge is 0.133 e. The highest BCUT2D eigenvalue weighted by molar-refractivity contribution is 8.00. The summed E-state index contributed by atoms with van der Waals surface area (Å²) in [6.45, 7) is 8.03. The molecule has 0 saturated heterocycles. The second kappa shape index (κ2) is 6.67. The van der Waals surface area contributed by atoms with Gasteiger partial charge in [0.15, 0.2) is 4.93 Å². The molecule has 1 N–H and O–H groups in total. The number of hydrogen-bond donors (Lipinski definition) is 1. The van der Waals surface area contributed by atoms with Crippen LogP contribution < -0.4 is 0 Å². The Morgan fingerprint density at radius 1 is 1.17 bits per heavy atom. The lowest BCUT2D eigenvalue weighted by atomic mass is 9.96. The molecule has 0 radical (unpaired) electrons. The van der Waals surface area contributed by atoms with Gasteiger partial charge < -0.3 is 0 Å². The highest BCUT2D eigenvalue weighted by Crippen LogP contribution is 2.49. The van der Waals surface area contributed by atoms with Crippen LogP contribution >= 0.6 is 20.0 Å². The zero-order valence-electron chi connectivity index (χ0n) is 11.2. The van der Waals surface area contributed by atoms with E-state index in [0.717, 1.165) is 4.90 Å². The molecule has 0 saturated carbocycles. The Morgan fingerprint density at radius 3 is 2.06 bits per heavy atom. The largest absolute Gasteiger partial charge is 0.696 e. The van der Waals surface area contributed by atoms with Gasteiger partial charge in [0, 0.05) is 9.46 Å². The van der Waals surface area contributed by atoms with Crippen molar-refractivity contribution >= 4 is 20.0 Å². The predicted octanol–water partition coefficient (Wildman–Crippen LogP) is 4.45. The molecule has 1 unspecified atom stereocenters. The van der Waals surface area contributed by atoms with Crippen LogP contribution in [0.5, 0.6) is 0 Å². The maximum Gasteiger partial charge on any atom is 0.696 e. The van der Waals surface area contributed by atoms with Crippen LogP contribution in [-0.4, -0.2) is 9.83 Å². The molecule has 0 spiro atoms. The van der Waals surface area contributed by atoms with Gasteiger partial charge in [0.1, 0.15) is 0 Å². The molecule has 0 bridgehead atoms. The van der Waals surface area contributed by atoms with Crippen LogP contribution in [0.2, 0.25) is 0 Å². The van der Waals surface area contributed by atoms with Crippen LogP contribution in [-0.2, 0) is 9.09 Å². The molecule has 0 fully saturated rings. The first-order valence-corrected chi connectivity index (χ1v) is 7.92. The predicted molar refractivity (Wildman–Crippen MR) is 75.6 cm³/mol. The van der Waals surface area contributed by atoms with Gasteiger partial charge in [-0.05, 0) is 24.0 Å². The minimum Gasteiger partial charge on any atom is -0.133 e. The van der Waals surface area contributed by atoms with E-state index in [2.05, 4.69) is 0 Å². The van der Waals surface area contributed by atoms with Crippen molar-refractivity contribution in [3.8, 4) is 0 Å². The zero-order chi connectivity index (χ0) is 13.8. The van der Waals surface area contributed by atoms with E-state index in [1.165, 1.54) is 11.8 Å². The fourth-order valence-electron chi connectivity index (χ4n) is 1.93. The summed E-state index contributed by atoms with van der Waals surface area (Å²) in [4.78, 5) is 9.49. The zero-order valence-corrected chi connectivity index (χ0v) is 12.9. The highest BCUT2D eigenvalue weighted by atomic mass is 32.2. The first-order valence-electron chi connectivity index (χ1n) is 5.97. The highest BCUT2D eigenvalue weighted by Gasteiger charge is 2.47. The average molecular weight is 287 g/mol. The number of hydrogen-bond acceptors (Lipinski definition) is 3. The summed E-state index contributed by atoms with van der Waals surface area (Å²) in [5.74, 6) is 0.239. The Labute approximate surface area is 114 Å².